The number of rotatable bonds is 3. The number of esters is 1. The van der Waals surface area contributed by atoms with Gasteiger partial charge in [0.1, 0.15) is 10.6 Å². The van der Waals surface area contributed by atoms with Crippen molar-refractivity contribution in [3.8, 4) is 0 Å². The average Bonchev–Trinajstić information content (AvgIpc) is 2.04. The van der Waals surface area contributed by atoms with Gasteiger partial charge in [-0.3, -0.25) is 0 Å². The summed E-state index contributed by atoms with van der Waals surface area (Å²) in [6.45, 7) is 3.64. The molecule has 0 rings (SSSR count). The van der Waals surface area contributed by atoms with Gasteiger partial charge in [-0.15, -0.1) is 0 Å². The van der Waals surface area contributed by atoms with Crippen LogP contribution in [0.5, 0.6) is 0 Å². The van der Waals surface area contributed by atoms with E-state index in [4.69, 9.17) is 22.7 Å². The van der Waals surface area contributed by atoms with Crippen LogP contribution in [0.3, 0.4) is 0 Å². The first kappa shape index (κ1) is 11.9. The third-order valence-corrected chi connectivity index (χ3v) is 1.74. The van der Waals surface area contributed by atoms with Gasteiger partial charge in [-0.2, -0.15) is 0 Å². The molecular formula is C8H14N2O2S. The summed E-state index contributed by atoms with van der Waals surface area (Å²) < 4.78 is 4.78. The number of nitrogens with two attached hydrogens (primary N) is 1. The van der Waals surface area contributed by atoms with Crippen molar-refractivity contribution in [3.63, 3.8) is 0 Å². The van der Waals surface area contributed by atoms with Crippen molar-refractivity contribution in [2.75, 3.05) is 13.7 Å². The lowest BCUT2D eigenvalue weighted by Gasteiger charge is -2.09. The van der Waals surface area contributed by atoms with Crippen LogP contribution in [-0.4, -0.2) is 24.6 Å². The Hall–Kier alpha value is -1.10. The minimum absolute atomic E-state index is 0.236. The van der Waals surface area contributed by atoms with Crippen molar-refractivity contribution in [2.24, 2.45) is 5.73 Å². The topological polar surface area (TPSA) is 64.3 Å². The van der Waals surface area contributed by atoms with Crippen molar-refractivity contribution >= 4 is 23.2 Å². The van der Waals surface area contributed by atoms with Crippen LogP contribution in [0.4, 0.5) is 0 Å². The molecule has 0 heterocycles. The molecule has 0 bridgehead atoms. The summed E-state index contributed by atoms with van der Waals surface area (Å²) in [5, 5.41) is 2.68. The van der Waals surface area contributed by atoms with E-state index >= 15 is 0 Å². The molecule has 0 aliphatic carbocycles. The Labute approximate surface area is 83.1 Å². The molecule has 13 heavy (non-hydrogen) atoms. The molecule has 0 radical (unpaired) electrons. The predicted molar refractivity (Wildman–Crippen MR) is 55.2 cm³/mol. The molecule has 0 atom stereocenters. The lowest BCUT2D eigenvalue weighted by molar-refractivity contribution is -0.137. The standard InChI is InChI=1S/C8H14N2O2S/c1-4-12-8(11)6(5(2)9)7(13)10-3/h4,9H2,1-3H3,(H,10,13)/b6-5+. The summed E-state index contributed by atoms with van der Waals surface area (Å²) in [6.07, 6.45) is 0. The van der Waals surface area contributed by atoms with Crippen LogP contribution in [0.15, 0.2) is 11.3 Å². The fourth-order valence-electron chi connectivity index (χ4n) is 0.761. The number of hydrogen-bond acceptors (Lipinski definition) is 4. The normalized spacial score (nSPS) is 11.6. The van der Waals surface area contributed by atoms with E-state index in [0.29, 0.717) is 17.3 Å². The molecule has 4 nitrogen and oxygen atoms in total. The smallest absolute Gasteiger partial charge is 0.342 e. The van der Waals surface area contributed by atoms with Gasteiger partial charge in [0.2, 0.25) is 0 Å². The number of allylic oxidation sites excluding steroid dienone is 1. The van der Waals surface area contributed by atoms with Crippen molar-refractivity contribution < 1.29 is 9.53 Å². The highest BCUT2D eigenvalue weighted by Crippen LogP contribution is 2.03. The summed E-state index contributed by atoms with van der Waals surface area (Å²) in [6, 6.07) is 0. The average molecular weight is 202 g/mol. The summed E-state index contributed by atoms with van der Waals surface area (Å²) in [5.41, 5.74) is 6.09. The largest absolute Gasteiger partial charge is 0.462 e. The van der Waals surface area contributed by atoms with Crippen molar-refractivity contribution in [3.05, 3.63) is 11.3 Å². The van der Waals surface area contributed by atoms with Gasteiger partial charge in [0.25, 0.3) is 0 Å². The predicted octanol–water partition coefficient (Wildman–Crippen LogP) is 0.329. The highest BCUT2D eigenvalue weighted by molar-refractivity contribution is 7.80. The first-order chi connectivity index (χ1) is 6.04. The maximum atomic E-state index is 11.3. The Bertz CT molecular complexity index is 245. The van der Waals surface area contributed by atoms with E-state index in [9.17, 15) is 4.79 Å². The molecule has 0 aliphatic heterocycles. The number of nitrogens with one attached hydrogen (secondary N) is 1. The maximum absolute atomic E-state index is 11.3. The van der Waals surface area contributed by atoms with Crippen LogP contribution in [0.1, 0.15) is 13.8 Å². The lowest BCUT2D eigenvalue weighted by atomic mass is 10.2. The van der Waals surface area contributed by atoms with Gasteiger partial charge < -0.3 is 15.8 Å². The Kier molecular flexibility index (Phi) is 5.06. The van der Waals surface area contributed by atoms with E-state index in [-0.39, 0.29) is 5.57 Å². The second-order valence-electron chi connectivity index (χ2n) is 2.36. The quantitative estimate of drug-likeness (QED) is 0.392. The molecule has 0 aromatic rings. The van der Waals surface area contributed by atoms with Crippen LogP contribution < -0.4 is 11.1 Å². The second kappa shape index (κ2) is 5.53. The minimum Gasteiger partial charge on any atom is -0.462 e. The minimum atomic E-state index is -0.484. The SMILES string of the molecule is CCOC(=O)/C(C(=S)NC)=C(\C)N. The zero-order valence-corrected chi connectivity index (χ0v) is 8.83. The molecular weight excluding hydrogens is 188 g/mol. The molecule has 0 amide bonds. The monoisotopic (exact) mass is 202 g/mol. The molecule has 0 aromatic heterocycles. The first-order valence-electron chi connectivity index (χ1n) is 3.90. The highest BCUT2D eigenvalue weighted by Gasteiger charge is 2.16. The van der Waals surface area contributed by atoms with Crippen LogP contribution in [-0.2, 0) is 9.53 Å². The van der Waals surface area contributed by atoms with E-state index in [1.165, 1.54) is 0 Å². The van der Waals surface area contributed by atoms with Crippen LogP contribution >= 0.6 is 12.2 Å². The fourth-order valence-corrected chi connectivity index (χ4v) is 1.01. The number of likely N-dealkylation sites (N-methyl/N-ethyl adjacent to an activating group) is 1. The van der Waals surface area contributed by atoms with Crippen LogP contribution in [0.2, 0.25) is 0 Å². The number of ether oxygens (including phenoxy) is 1. The molecule has 0 aromatic carbocycles. The van der Waals surface area contributed by atoms with Crippen molar-refractivity contribution in [1.29, 1.82) is 0 Å². The molecule has 0 spiro atoms. The van der Waals surface area contributed by atoms with Gasteiger partial charge in [-0.25, -0.2) is 4.79 Å². The Morgan fingerprint density at radius 3 is 2.46 bits per heavy atom. The van der Waals surface area contributed by atoms with Gasteiger partial charge in [-0.1, -0.05) is 12.2 Å². The molecule has 0 unspecified atom stereocenters. The molecule has 0 saturated heterocycles. The third kappa shape index (κ3) is 3.42. The first-order valence-corrected chi connectivity index (χ1v) is 4.31. The summed E-state index contributed by atoms with van der Waals surface area (Å²) in [4.78, 5) is 11.6. The van der Waals surface area contributed by atoms with Gasteiger partial charge in [0, 0.05) is 12.7 Å². The molecule has 5 heteroatoms. The van der Waals surface area contributed by atoms with Crippen LogP contribution in [0, 0.1) is 0 Å². The second-order valence-corrected chi connectivity index (χ2v) is 2.77. The Balaban J connectivity index is 4.75. The maximum Gasteiger partial charge on any atom is 0.342 e. The van der Waals surface area contributed by atoms with Gasteiger partial charge in [0.15, 0.2) is 0 Å². The molecule has 0 saturated carbocycles. The third-order valence-electron chi connectivity index (χ3n) is 1.33. The van der Waals surface area contributed by atoms with Crippen LogP contribution in [0.25, 0.3) is 0 Å². The summed E-state index contributed by atoms with van der Waals surface area (Å²) in [5.74, 6) is -0.484. The Morgan fingerprint density at radius 2 is 2.15 bits per heavy atom. The van der Waals surface area contributed by atoms with Gasteiger partial charge >= 0.3 is 5.97 Å². The van der Waals surface area contributed by atoms with Gasteiger partial charge in [0.05, 0.1) is 6.61 Å². The number of carbonyl (C=O) groups excluding carboxylic acids is 1. The summed E-state index contributed by atoms with van der Waals surface area (Å²) in [7, 11) is 1.63. The zero-order chi connectivity index (χ0) is 10.4. The van der Waals surface area contributed by atoms with Crippen molar-refractivity contribution in [1.82, 2.24) is 5.32 Å². The fraction of sp³-hybridized carbons (Fsp3) is 0.500. The molecule has 0 aliphatic rings. The molecule has 0 fully saturated rings. The van der Waals surface area contributed by atoms with Crippen molar-refractivity contribution in [2.45, 2.75) is 13.8 Å². The van der Waals surface area contributed by atoms with E-state index < -0.39 is 5.97 Å². The van der Waals surface area contributed by atoms with Gasteiger partial charge in [-0.05, 0) is 13.8 Å². The Morgan fingerprint density at radius 1 is 1.62 bits per heavy atom. The molecule has 74 valence electrons. The lowest BCUT2D eigenvalue weighted by Crippen LogP contribution is -2.27. The number of carbonyl (C=O) groups is 1. The van der Waals surface area contributed by atoms with E-state index in [0.717, 1.165) is 0 Å². The van der Waals surface area contributed by atoms with E-state index in [2.05, 4.69) is 5.32 Å². The molecule has 3 N–H and O–H groups in total. The zero-order valence-electron chi connectivity index (χ0n) is 8.01. The highest BCUT2D eigenvalue weighted by atomic mass is 32.1. The summed E-state index contributed by atoms with van der Waals surface area (Å²) >= 11 is 4.89. The van der Waals surface area contributed by atoms with E-state index in [1.807, 2.05) is 0 Å². The van der Waals surface area contributed by atoms with E-state index in [1.54, 1.807) is 20.9 Å². The number of thiocarbonyl (C=S) groups is 1. The number of hydrogen-bond donors (Lipinski definition) is 2.